The number of amides is 1. The molecule has 9 heteroatoms. The molecule has 0 saturated carbocycles. The quantitative estimate of drug-likeness (QED) is 0.542. The van der Waals surface area contributed by atoms with Crippen molar-refractivity contribution in [3.8, 4) is 0 Å². The second-order valence-corrected chi connectivity index (χ2v) is 4.39. The molecule has 0 fully saturated rings. The van der Waals surface area contributed by atoms with Crippen LogP contribution in [0.4, 0.5) is 11.5 Å². The summed E-state index contributed by atoms with van der Waals surface area (Å²) < 4.78 is 4.77. The van der Waals surface area contributed by atoms with Gasteiger partial charge in [-0.05, 0) is 0 Å². The van der Waals surface area contributed by atoms with Crippen molar-refractivity contribution in [2.24, 2.45) is 0 Å². The number of likely N-dealkylation sites (N-methyl/N-ethyl adjacent to an activating group) is 1. The van der Waals surface area contributed by atoms with Crippen LogP contribution in [0.25, 0.3) is 0 Å². The van der Waals surface area contributed by atoms with E-state index in [1.54, 1.807) is 7.05 Å². The summed E-state index contributed by atoms with van der Waals surface area (Å²) in [5, 5.41) is 23.3. The van der Waals surface area contributed by atoms with E-state index in [1.807, 2.05) is 0 Å². The van der Waals surface area contributed by atoms with Crippen molar-refractivity contribution in [3.05, 3.63) is 27.9 Å². The second kappa shape index (κ2) is 7.50. The van der Waals surface area contributed by atoms with E-state index in [0.717, 1.165) is 6.20 Å². The van der Waals surface area contributed by atoms with Crippen LogP contribution < -0.4 is 5.32 Å². The first-order valence-electron chi connectivity index (χ1n) is 6.15. The number of nitrogens with one attached hydrogen (secondary N) is 1. The summed E-state index contributed by atoms with van der Waals surface area (Å²) in [6.07, 6.45) is 0.159. The first-order valence-corrected chi connectivity index (χ1v) is 6.15. The highest BCUT2D eigenvalue weighted by Crippen LogP contribution is 2.21. The van der Waals surface area contributed by atoms with Crippen LogP contribution in [-0.2, 0) is 4.74 Å². The fraction of sp³-hybridized carbons (Fsp3) is 0.500. The van der Waals surface area contributed by atoms with Gasteiger partial charge in [0.1, 0.15) is 17.6 Å². The zero-order chi connectivity index (χ0) is 16.0. The maximum atomic E-state index is 12.3. The Morgan fingerprint density at radius 1 is 1.67 bits per heavy atom. The smallest absolute Gasteiger partial charge is 0.300 e. The van der Waals surface area contributed by atoms with Gasteiger partial charge in [-0.2, -0.15) is 0 Å². The molecule has 2 N–H and O–H groups in total. The van der Waals surface area contributed by atoms with Gasteiger partial charge in [-0.25, -0.2) is 4.98 Å². The maximum Gasteiger partial charge on any atom is 0.300 e. The van der Waals surface area contributed by atoms with E-state index in [4.69, 9.17) is 4.74 Å². The van der Waals surface area contributed by atoms with Gasteiger partial charge in [0.25, 0.3) is 11.6 Å². The first kappa shape index (κ1) is 16.8. The number of methoxy groups -OCH3 is 1. The maximum absolute atomic E-state index is 12.3. The van der Waals surface area contributed by atoms with Crippen molar-refractivity contribution in [2.75, 3.05) is 39.7 Å². The molecule has 1 amide bonds. The standard InChI is InChI=1S/C12H18N4O5/c1-13-11-4-9(10(5-14-11)16(19)20)12(18)15(2)6-8(17)7-21-3/h4-5,8,17H,6-7H2,1-3H3,(H,13,14). The number of aliphatic hydroxyl groups excluding tert-OH is 1. The van der Waals surface area contributed by atoms with Crippen molar-refractivity contribution in [2.45, 2.75) is 6.10 Å². The van der Waals surface area contributed by atoms with E-state index in [1.165, 1.54) is 25.1 Å². The molecule has 1 atom stereocenters. The molecular weight excluding hydrogens is 280 g/mol. The van der Waals surface area contributed by atoms with Gasteiger partial charge in [-0.3, -0.25) is 14.9 Å². The Morgan fingerprint density at radius 3 is 2.86 bits per heavy atom. The molecule has 116 valence electrons. The van der Waals surface area contributed by atoms with Crippen molar-refractivity contribution in [3.63, 3.8) is 0 Å². The number of anilines is 1. The number of nitro groups is 1. The number of aromatic nitrogens is 1. The number of carbonyl (C=O) groups excluding carboxylic acids is 1. The van der Waals surface area contributed by atoms with Crippen LogP contribution in [0.5, 0.6) is 0 Å². The minimum absolute atomic E-state index is 0.00103. The van der Waals surface area contributed by atoms with Crippen LogP contribution in [0.3, 0.4) is 0 Å². The number of nitrogens with zero attached hydrogens (tertiary/aromatic N) is 3. The van der Waals surface area contributed by atoms with Crippen LogP contribution >= 0.6 is 0 Å². The lowest BCUT2D eigenvalue weighted by molar-refractivity contribution is -0.385. The molecule has 0 aliphatic heterocycles. The largest absolute Gasteiger partial charge is 0.389 e. The number of carbonyl (C=O) groups is 1. The molecule has 0 aliphatic carbocycles. The van der Waals surface area contributed by atoms with Gasteiger partial charge >= 0.3 is 0 Å². The number of pyridine rings is 1. The van der Waals surface area contributed by atoms with Crippen molar-refractivity contribution >= 4 is 17.4 Å². The Bertz CT molecular complexity index is 522. The summed E-state index contributed by atoms with van der Waals surface area (Å²) in [6, 6.07) is 1.31. The number of aliphatic hydroxyl groups is 1. The highest BCUT2D eigenvalue weighted by atomic mass is 16.6. The van der Waals surface area contributed by atoms with Gasteiger partial charge in [0.05, 0.1) is 17.6 Å². The predicted octanol–water partition coefficient (Wildman–Crippen LogP) is 0.111. The summed E-state index contributed by atoms with van der Waals surface area (Å²) in [6.45, 7) is 0.0683. The third kappa shape index (κ3) is 4.36. The molecule has 1 rings (SSSR count). The third-order valence-corrected chi connectivity index (χ3v) is 2.76. The van der Waals surface area contributed by atoms with Crippen molar-refractivity contribution in [1.82, 2.24) is 9.88 Å². The topological polar surface area (TPSA) is 118 Å². The highest BCUT2D eigenvalue weighted by molar-refractivity contribution is 5.98. The Hall–Kier alpha value is -2.26. The monoisotopic (exact) mass is 298 g/mol. The Labute approximate surface area is 121 Å². The lowest BCUT2D eigenvalue weighted by Crippen LogP contribution is -2.36. The van der Waals surface area contributed by atoms with Crippen LogP contribution in [0, 0.1) is 10.1 Å². The van der Waals surface area contributed by atoms with Gasteiger partial charge in [0.15, 0.2) is 0 Å². The Balaban J connectivity index is 3.01. The zero-order valence-electron chi connectivity index (χ0n) is 12.1. The highest BCUT2D eigenvalue weighted by Gasteiger charge is 2.25. The average molecular weight is 298 g/mol. The van der Waals surface area contributed by atoms with Crippen LogP contribution in [0.2, 0.25) is 0 Å². The van der Waals surface area contributed by atoms with Gasteiger partial charge in [0, 0.05) is 33.8 Å². The zero-order valence-corrected chi connectivity index (χ0v) is 12.1. The molecule has 1 aromatic heterocycles. The molecule has 1 heterocycles. The predicted molar refractivity (Wildman–Crippen MR) is 75.3 cm³/mol. The lowest BCUT2D eigenvalue weighted by atomic mass is 10.2. The van der Waals surface area contributed by atoms with Crippen LogP contribution in [0.15, 0.2) is 12.3 Å². The average Bonchev–Trinajstić information content (AvgIpc) is 2.45. The Kier molecular flexibility index (Phi) is 6.00. The second-order valence-electron chi connectivity index (χ2n) is 4.39. The molecule has 0 radical (unpaired) electrons. The molecule has 0 aliphatic rings. The summed E-state index contributed by atoms with van der Waals surface area (Å²) in [4.78, 5) is 27.6. The van der Waals surface area contributed by atoms with Crippen molar-refractivity contribution in [1.29, 1.82) is 0 Å². The molecule has 0 aromatic carbocycles. The normalized spacial score (nSPS) is 11.8. The van der Waals surface area contributed by atoms with E-state index >= 15 is 0 Å². The summed E-state index contributed by atoms with van der Waals surface area (Å²) in [5.41, 5.74) is -0.474. The van der Waals surface area contributed by atoms with Gasteiger partial charge in [-0.15, -0.1) is 0 Å². The molecule has 9 nitrogen and oxygen atoms in total. The van der Waals surface area contributed by atoms with E-state index in [-0.39, 0.29) is 24.4 Å². The SMILES string of the molecule is CNc1cc(C(=O)N(C)CC(O)COC)c([N+](=O)[O-])cn1. The lowest BCUT2D eigenvalue weighted by Gasteiger charge is -2.20. The van der Waals surface area contributed by atoms with E-state index in [9.17, 15) is 20.0 Å². The molecule has 0 spiro atoms. The van der Waals surface area contributed by atoms with Gasteiger partial charge < -0.3 is 20.1 Å². The molecule has 1 aromatic rings. The fourth-order valence-corrected chi connectivity index (χ4v) is 1.75. The molecule has 21 heavy (non-hydrogen) atoms. The third-order valence-electron chi connectivity index (χ3n) is 2.76. The number of hydrogen-bond acceptors (Lipinski definition) is 7. The fourth-order valence-electron chi connectivity index (χ4n) is 1.75. The van der Waals surface area contributed by atoms with Crippen LogP contribution in [0.1, 0.15) is 10.4 Å². The summed E-state index contributed by atoms with van der Waals surface area (Å²) in [5.74, 6) is -0.231. The van der Waals surface area contributed by atoms with Crippen molar-refractivity contribution < 1.29 is 19.6 Å². The van der Waals surface area contributed by atoms with Crippen LogP contribution in [-0.4, -0.2) is 66.3 Å². The minimum Gasteiger partial charge on any atom is -0.389 e. The van der Waals surface area contributed by atoms with E-state index < -0.39 is 16.9 Å². The number of ether oxygens (including phenoxy) is 1. The molecule has 1 unspecified atom stereocenters. The molecule has 0 saturated heterocycles. The summed E-state index contributed by atoms with van der Waals surface area (Å²) in [7, 11) is 4.47. The minimum atomic E-state index is -0.867. The number of rotatable bonds is 7. The first-order chi connectivity index (χ1) is 9.90. The summed E-state index contributed by atoms with van der Waals surface area (Å²) >= 11 is 0. The van der Waals surface area contributed by atoms with E-state index in [2.05, 4.69) is 10.3 Å². The van der Waals surface area contributed by atoms with Gasteiger partial charge in [-0.1, -0.05) is 0 Å². The Morgan fingerprint density at radius 2 is 2.33 bits per heavy atom. The van der Waals surface area contributed by atoms with Gasteiger partial charge in [0.2, 0.25) is 0 Å². The molecular formula is C12H18N4O5. The molecule has 0 bridgehead atoms. The van der Waals surface area contributed by atoms with E-state index in [0.29, 0.717) is 5.82 Å². The number of hydrogen-bond donors (Lipinski definition) is 2.